The molecular formula is C17H17BrN4O. The molecule has 0 unspecified atom stereocenters. The highest BCUT2D eigenvalue weighted by Gasteiger charge is 2.10. The van der Waals surface area contributed by atoms with Crippen LogP contribution in [-0.4, -0.2) is 21.3 Å². The highest BCUT2D eigenvalue weighted by atomic mass is 79.9. The van der Waals surface area contributed by atoms with Crippen LogP contribution in [0, 0.1) is 0 Å². The fraction of sp³-hybridized carbons (Fsp3) is 0.176. The van der Waals surface area contributed by atoms with Crippen molar-refractivity contribution in [3.8, 4) is 28.4 Å². The first-order valence-electron chi connectivity index (χ1n) is 7.27. The second-order valence-corrected chi connectivity index (χ2v) is 6.32. The first-order chi connectivity index (χ1) is 11.0. The average Bonchev–Trinajstić information content (AvgIpc) is 2.99. The Morgan fingerprint density at radius 1 is 1.13 bits per heavy atom. The zero-order valence-electron chi connectivity index (χ0n) is 12.9. The summed E-state index contributed by atoms with van der Waals surface area (Å²) in [5.74, 6) is 0.582. The smallest absolute Gasteiger partial charge is 0.228 e. The molecule has 0 saturated carbocycles. The number of anilines is 1. The van der Waals surface area contributed by atoms with Crippen molar-refractivity contribution in [1.29, 1.82) is 0 Å². The topological polar surface area (TPSA) is 76.8 Å². The Kier molecular flexibility index (Phi) is 4.34. The van der Waals surface area contributed by atoms with E-state index in [1.54, 1.807) is 6.20 Å². The van der Waals surface area contributed by atoms with Crippen molar-refractivity contribution in [3.63, 3.8) is 0 Å². The van der Waals surface area contributed by atoms with Crippen LogP contribution in [-0.2, 0) is 0 Å². The minimum atomic E-state index is 0.0761. The predicted octanol–water partition coefficient (Wildman–Crippen LogP) is 4.27. The number of halogens is 1. The molecule has 0 aliphatic rings. The normalized spacial score (nSPS) is 11.0. The van der Waals surface area contributed by atoms with Crippen LogP contribution in [0.2, 0.25) is 0 Å². The maximum absolute atomic E-state index is 5.72. The number of rotatable bonds is 4. The molecule has 3 rings (SSSR count). The summed E-state index contributed by atoms with van der Waals surface area (Å²) in [6.07, 6.45) is 1.83. The van der Waals surface area contributed by atoms with Crippen molar-refractivity contribution in [3.05, 3.63) is 47.1 Å². The summed E-state index contributed by atoms with van der Waals surface area (Å²) < 4.78 is 6.43. The molecule has 2 heterocycles. The number of aromatic nitrogens is 3. The van der Waals surface area contributed by atoms with E-state index >= 15 is 0 Å². The van der Waals surface area contributed by atoms with E-state index in [1.807, 2.05) is 50.2 Å². The molecule has 2 aromatic heterocycles. The number of benzene rings is 1. The number of hydrogen-bond donors (Lipinski definition) is 2. The molecule has 0 atom stereocenters. The Labute approximate surface area is 143 Å². The van der Waals surface area contributed by atoms with Gasteiger partial charge >= 0.3 is 0 Å². The van der Waals surface area contributed by atoms with Crippen LogP contribution in [0.1, 0.15) is 13.8 Å². The van der Waals surface area contributed by atoms with Gasteiger partial charge in [-0.2, -0.15) is 5.10 Å². The highest BCUT2D eigenvalue weighted by molar-refractivity contribution is 9.10. The second kappa shape index (κ2) is 6.42. The Balaban J connectivity index is 1.88. The molecule has 0 fully saturated rings. The van der Waals surface area contributed by atoms with E-state index in [9.17, 15) is 0 Å². The lowest BCUT2D eigenvalue weighted by Gasteiger charge is -2.10. The quantitative estimate of drug-likeness (QED) is 0.670. The molecule has 1 aromatic carbocycles. The fourth-order valence-corrected chi connectivity index (χ4v) is 2.60. The molecule has 3 N–H and O–H groups in total. The third-order valence-corrected chi connectivity index (χ3v) is 3.82. The van der Waals surface area contributed by atoms with Crippen molar-refractivity contribution in [2.24, 2.45) is 0 Å². The van der Waals surface area contributed by atoms with Crippen molar-refractivity contribution >= 4 is 21.6 Å². The Morgan fingerprint density at radius 3 is 2.52 bits per heavy atom. The summed E-state index contributed by atoms with van der Waals surface area (Å²) >= 11 is 3.49. The van der Waals surface area contributed by atoms with Crippen molar-refractivity contribution in [2.45, 2.75) is 20.0 Å². The molecule has 0 aliphatic carbocycles. The summed E-state index contributed by atoms with van der Waals surface area (Å²) in [4.78, 5) is 4.35. The summed E-state index contributed by atoms with van der Waals surface area (Å²) in [6, 6.07) is 11.6. The third kappa shape index (κ3) is 3.53. The van der Waals surface area contributed by atoms with Crippen molar-refractivity contribution in [1.82, 2.24) is 15.2 Å². The van der Waals surface area contributed by atoms with Gasteiger partial charge in [0.15, 0.2) is 0 Å². The summed E-state index contributed by atoms with van der Waals surface area (Å²) in [5, 5.41) is 7.40. The first kappa shape index (κ1) is 15.6. The molecule has 0 radical (unpaired) electrons. The largest absolute Gasteiger partial charge is 0.474 e. The van der Waals surface area contributed by atoms with Crippen molar-refractivity contribution in [2.75, 3.05) is 5.73 Å². The zero-order chi connectivity index (χ0) is 16.4. The van der Waals surface area contributed by atoms with Gasteiger partial charge in [-0.15, -0.1) is 0 Å². The Bertz CT molecular complexity index is 812. The van der Waals surface area contributed by atoms with Crippen molar-refractivity contribution < 1.29 is 4.74 Å². The number of nitrogens with zero attached hydrogens (tertiary/aromatic N) is 2. The Morgan fingerprint density at radius 2 is 1.87 bits per heavy atom. The number of hydrogen-bond acceptors (Lipinski definition) is 4. The lowest BCUT2D eigenvalue weighted by atomic mass is 10.1. The monoisotopic (exact) mass is 372 g/mol. The molecule has 0 saturated heterocycles. The minimum Gasteiger partial charge on any atom is -0.474 e. The van der Waals surface area contributed by atoms with Gasteiger partial charge in [-0.1, -0.05) is 12.1 Å². The molecule has 0 amide bonds. The molecule has 0 aliphatic heterocycles. The van der Waals surface area contributed by atoms with Crippen LogP contribution in [0.15, 0.2) is 47.1 Å². The van der Waals surface area contributed by atoms with Gasteiger partial charge in [-0.3, -0.25) is 5.10 Å². The lowest BCUT2D eigenvalue weighted by Crippen LogP contribution is -2.07. The van der Waals surface area contributed by atoms with Crippen LogP contribution in [0.3, 0.4) is 0 Å². The van der Waals surface area contributed by atoms with E-state index in [2.05, 4.69) is 31.1 Å². The number of H-pyrrole nitrogens is 1. The molecule has 23 heavy (non-hydrogen) atoms. The number of nitrogens with one attached hydrogen (secondary N) is 1. The SMILES string of the molecule is CC(C)Oc1ncc(-c2cc(-c3ccc(N)cc3)[nH]n2)cc1Br. The highest BCUT2D eigenvalue weighted by Crippen LogP contribution is 2.30. The number of nitrogens with two attached hydrogens (primary N) is 1. The van der Waals surface area contributed by atoms with E-state index in [0.717, 1.165) is 32.7 Å². The van der Waals surface area contributed by atoms with E-state index in [-0.39, 0.29) is 6.10 Å². The lowest BCUT2D eigenvalue weighted by molar-refractivity contribution is 0.231. The molecule has 3 aromatic rings. The molecule has 0 spiro atoms. The van der Waals surface area contributed by atoms with Gasteiger partial charge < -0.3 is 10.5 Å². The van der Waals surface area contributed by atoms with Gasteiger partial charge in [0.2, 0.25) is 5.88 Å². The maximum Gasteiger partial charge on any atom is 0.228 e. The van der Waals surface area contributed by atoms with Gasteiger partial charge in [-0.05, 0) is 59.6 Å². The third-order valence-electron chi connectivity index (χ3n) is 3.25. The van der Waals surface area contributed by atoms with Crippen LogP contribution >= 0.6 is 15.9 Å². The number of ether oxygens (including phenoxy) is 1. The summed E-state index contributed by atoms with van der Waals surface area (Å²) in [6.45, 7) is 3.93. The molecule has 6 heteroatoms. The van der Waals surface area contributed by atoms with E-state index in [1.165, 1.54) is 0 Å². The van der Waals surface area contributed by atoms with Crippen LogP contribution < -0.4 is 10.5 Å². The molecular weight excluding hydrogens is 356 g/mol. The second-order valence-electron chi connectivity index (χ2n) is 5.47. The molecule has 5 nitrogen and oxygen atoms in total. The van der Waals surface area contributed by atoms with E-state index < -0.39 is 0 Å². The van der Waals surface area contributed by atoms with Crippen LogP contribution in [0.4, 0.5) is 5.69 Å². The van der Waals surface area contributed by atoms with Gasteiger partial charge in [-0.25, -0.2) is 4.98 Å². The number of pyridine rings is 1. The van der Waals surface area contributed by atoms with Crippen LogP contribution in [0.25, 0.3) is 22.5 Å². The van der Waals surface area contributed by atoms with E-state index in [0.29, 0.717) is 5.88 Å². The fourth-order valence-electron chi connectivity index (χ4n) is 2.16. The summed E-state index contributed by atoms with van der Waals surface area (Å²) in [5.41, 5.74) is 10.1. The molecule has 118 valence electrons. The number of aromatic amines is 1. The van der Waals surface area contributed by atoms with Gasteiger partial charge in [0.05, 0.1) is 22.0 Å². The minimum absolute atomic E-state index is 0.0761. The standard InChI is InChI=1S/C17H17BrN4O/c1-10(2)23-17-14(18)7-12(9-20-17)16-8-15(21-22-16)11-3-5-13(19)6-4-11/h3-10H,19H2,1-2H3,(H,21,22). The summed E-state index contributed by atoms with van der Waals surface area (Å²) in [7, 11) is 0. The zero-order valence-corrected chi connectivity index (χ0v) is 14.5. The average molecular weight is 373 g/mol. The van der Waals surface area contributed by atoms with Gasteiger partial charge in [0.1, 0.15) is 0 Å². The van der Waals surface area contributed by atoms with Gasteiger partial charge in [0.25, 0.3) is 0 Å². The Hall–Kier alpha value is -2.34. The molecule has 0 bridgehead atoms. The van der Waals surface area contributed by atoms with Crippen LogP contribution in [0.5, 0.6) is 5.88 Å². The predicted molar refractivity (Wildman–Crippen MR) is 95.1 cm³/mol. The van der Waals surface area contributed by atoms with E-state index in [4.69, 9.17) is 10.5 Å². The first-order valence-corrected chi connectivity index (χ1v) is 8.06. The number of nitrogen functional groups attached to an aromatic ring is 1. The maximum atomic E-state index is 5.72. The van der Waals surface area contributed by atoms with Gasteiger partial charge in [0, 0.05) is 17.4 Å².